The molecule has 1 aliphatic carbocycles. The minimum Gasteiger partial charge on any atom is -0.317 e. The second kappa shape index (κ2) is 3.18. The van der Waals surface area contributed by atoms with E-state index in [2.05, 4.69) is 5.48 Å². The lowest BCUT2D eigenvalue weighted by molar-refractivity contribution is 0.110. The first-order chi connectivity index (χ1) is 4.33. The van der Waals surface area contributed by atoms with Gasteiger partial charge in [-0.05, 0) is 19.3 Å². The molecule has 2 heteroatoms. The lowest BCUT2D eigenvalue weighted by Gasteiger charge is -2.27. The highest BCUT2D eigenvalue weighted by Crippen LogP contribution is 2.30. The number of rotatable bonds is 3. The van der Waals surface area contributed by atoms with Crippen LogP contribution in [-0.4, -0.2) is 11.2 Å². The van der Waals surface area contributed by atoms with E-state index in [-0.39, 0.29) is 6.04 Å². The van der Waals surface area contributed by atoms with Gasteiger partial charge in [-0.1, -0.05) is 19.3 Å². The van der Waals surface area contributed by atoms with E-state index in [1.54, 1.807) is 0 Å². The van der Waals surface area contributed by atoms with Crippen molar-refractivity contribution in [1.82, 2.24) is 5.48 Å². The second-order valence-corrected chi connectivity index (χ2v) is 3.06. The Kier molecular flexibility index (Phi) is 2.49. The van der Waals surface area contributed by atoms with Crippen molar-refractivity contribution >= 4 is 0 Å². The van der Waals surface area contributed by atoms with Gasteiger partial charge in [0, 0.05) is 6.04 Å². The Balaban J connectivity index is 2.01. The van der Waals surface area contributed by atoms with Crippen molar-refractivity contribution in [1.29, 1.82) is 0 Å². The van der Waals surface area contributed by atoms with Gasteiger partial charge in [0.2, 0.25) is 0 Å². The fraction of sp³-hybridized carbons (Fsp3) is 1.00. The van der Waals surface area contributed by atoms with Crippen molar-refractivity contribution in [2.75, 3.05) is 0 Å². The van der Waals surface area contributed by atoms with Crippen LogP contribution >= 0.6 is 0 Å². The van der Waals surface area contributed by atoms with E-state index in [0.717, 1.165) is 12.3 Å². The molecule has 0 aromatic carbocycles. The minimum atomic E-state index is 0.287. The molecule has 0 aromatic heterocycles. The number of hydrogen-bond donors (Lipinski definition) is 2. The van der Waals surface area contributed by atoms with Crippen LogP contribution < -0.4 is 5.48 Å². The molecule has 2 nitrogen and oxygen atoms in total. The van der Waals surface area contributed by atoms with E-state index in [1.165, 1.54) is 19.3 Å². The molecule has 0 saturated heterocycles. The molecule has 9 heavy (non-hydrogen) atoms. The Morgan fingerprint density at radius 3 is 2.67 bits per heavy atom. The van der Waals surface area contributed by atoms with Crippen LogP contribution in [0.2, 0.25) is 0 Å². The SMILES string of the molecule is CC(CC1CCC1)NO. The molecule has 1 atom stereocenters. The van der Waals surface area contributed by atoms with Gasteiger partial charge in [-0.2, -0.15) is 0 Å². The molecule has 0 aliphatic heterocycles. The van der Waals surface area contributed by atoms with Crippen molar-refractivity contribution in [3.05, 3.63) is 0 Å². The molecule has 54 valence electrons. The molecule has 0 aromatic rings. The highest BCUT2D eigenvalue weighted by atomic mass is 16.5. The molecule has 0 amide bonds. The third kappa shape index (κ3) is 1.95. The lowest BCUT2D eigenvalue weighted by Crippen LogP contribution is -2.27. The molecule has 1 fully saturated rings. The summed E-state index contributed by atoms with van der Waals surface area (Å²) in [5, 5.41) is 8.45. The molecule has 0 bridgehead atoms. The minimum absolute atomic E-state index is 0.287. The van der Waals surface area contributed by atoms with Crippen molar-refractivity contribution in [2.45, 2.75) is 38.6 Å². The van der Waals surface area contributed by atoms with Crippen LogP contribution in [0.5, 0.6) is 0 Å². The normalized spacial score (nSPS) is 23.3. The topological polar surface area (TPSA) is 32.3 Å². The van der Waals surface area contributed by atoms with Gasteiger partial charge in [-0.3, -0.25) is 0 Å². The van der Waals surface area contributed by atoms with E-state index in [4.69, 9.17) is 5.21 Å². The highest BCUT2D eigenvalue weighted by molar-refractivity contribution is 4.72. The smallest absolute Gasteiger partial charge is 0.0294 e. The summed E-state index contributed by atoms with van der Waals surface area (Å²) in [5.74, 6) is 0.889. The monoisotopic (exact) mass is 129 g/mol. The molecule has 0 spiro atoms. The molecule has 1 saturated carbocycles. The van der Waals surface area contributed by atoms with Gasteiger partial charge in [0.25, 0.3) is 0 Å². The van der Waals surface area contributed by atoms with Crippen molar-refractivity contribution < 1.29 is 5.21 Å². The zero-order valence-corrected chi connectivity index (χ0v) is 5.93. The van der Waals surface area contributed by atoms with Gasteiger partial charge in [-0.25, -0.2) is 5.48 Å². The summed E-state index contributed by atoms with van der Waals surface area (Å²) in [7, 11) is 0. The van der Waals surface area contributed by atoms with Crippen molar-refractivity contribution in [2.24, 2.45) is 5.92 Å². The van der Waals surface area contributed by atoms with Crippen LogP contribution in [-0.2, 0) is 0 Å². The predicted molar refractivity (Wildman–Crippen MR) is 36.3 cm³/mol. The Bertz CT molecular complexity index is 78.2. The zero-order chi connectivity index (χ0) is 6.69. The van der Waals surface area contributed by atoms with Crippen molar-refractivity contribution in [3.8, 4) is 0 Å². The average molecular weight is 129 g/mol. The molecule has 1 rings (SSSR count). The summed E-state index contributed by atoms with van der Waals surface area (Å²) in [5.41, 5.74) is 2.26. The molecule has 1 aliphatic rings. The van der Waals surface area contributed by atoms with Crippen LogP contribution in [0, 0.1) is 5.92 Å². The Labute approximate surface area is 56.2 Å². The predicted octanol–water partition coefficient (Wildman–Crippen LogP) is 1.54. The van der Waals surface area contributed by atoms with E-state index in [9.17, 15) is 0 Å². The molecular formula is C7H15NO. The Hall–Kier alpha value is -0.0800. The highest BCUT2D eigenvalue weighted by Gasteiger charge is 2.19. The van der Waals surface area contributed by atoms with E-state index in [0.29, 0.717) is 0 Å². The second-order valence-electron chi connectivity index (χ2n) is 3.06. The maximum absolute atomic E-state index is 8.45. The van der Waals surface area contributed by atoms with Crippen LogP contribution in [0.3, 0.4) is 0 Å². The first kappa shape index (κ1) is 7.03. The molecule has 1 unspecified atom stereocenters. The summed E-state index contributed by atoms with van der Waals surface area (Å²) in [6, 6.07) is 0.287. The van der Waals surface area contributed by atoms with Crippen LogP contribution in [0.1, 0.15) is 32.6 Å². The molecular weight excluding hydrogens is 114 g/mol. The summed E-state index contributed by atoms with van der Waals surface area (Å²) < 4.78 is 0. The molecule has 0 heterocycles. The third-order valence-corrected chi connectivity index (χ3v) is 2.13. The van der Waals surface area contributed by atoms with E-state index < -0.39 is 0 Å². The number of nitrogens with one attached hydrogen (secondary N) is 1. The van der Waals surface area contributed by atoms with Gasteiger partial charge in [0.15, 0.2) is 0 Å². The zero-order valence-electron chi connectivity index (χ0n) is 5.93. The van der Waals surface area contributed by atoms with Gasteiger partial charge >= 0.3 is 0 Å². The summed E-state index contributed by atoms with van der Waals surface area (Å²) in [4.78, 5) is 0. The average Bonchev–Trinajstić information content (AvgIpc) is 1.78. The van der Waals surface area contributed by atoms with Crippen LogP contribution in [0.15, 0.2) is 0 Å². The largest absolute Gasteiger partial charge is 0.317 e. The van der Waals surface area contributed by atoms with Gasteiger partial charge in [-0.15, -0.1) is 0 Å². The summed E-state index contributed by atoms with van der Waals surface area (Å²) >= 11 is 0. The van der Waals surface area contributed by atoms with Crippen LogP contribution in [0.25, 0.3) is 0 Å². The third-order valence-electron chi connectivity index (χ3n) is 2.13. The number of hydroxylamine groups is 1. The standard InChI is InChI=1S/C7H15NO/c1-6(8-9)5-7-3-2-4-7/h6-9H,2-5H2,1H3. The fourth-order valence-corrected chi connectivity index (χ4v) is 1.28. The van der Waals surface area contributed by atoms with Crippen molar-refractivity contribution in [3.63, 3.8) is 0 Å². The van der Waals surface area contributed by atoms with Gasteiger partial charge in [0.1, 0.15) is 0 Å². The fourth-order valence-electron chi connectivity index (χ4n) is 1.28. The Morgan fingerprint density at radius 2 is 2.33 bits per heavy atom. The number of hydrogen-bond acceptors (Lipinski definition) is 2. The van der Waals surface area contributed by atoms with E-state index in [1.807, 2.05) is 6.92 Å². The lowest BCUT2D eigenvalue weighted by atomic mass is 9.81. The first-order valence-corrected chi connectivity index (χ1v) is 3.72. The maximum Gasteiger partial charge on any atom is 0.0294 e. The van der Waals surface area contributed by atoms with Gasteiger partial charge < -0.3 is 5.21 Å². The summed E-state index contributed by atoms with van der Waals surface area (Å²) in [6.45, 7) is 2.01. The molecule has 0 radical (unpaired) electrons. The quantitative estimate of drug-likeness (QED) is 0.566. The van der Waals surface area contributed by atoms with Gasteiger partial charge in [0.05, 0.1) is 0 Å². The summed E-state index contributed by atoms with van der Waals surface area (Å²) in [6.07, 6.45) is 5.26. The van der Waals surface area contributed by atoms with E-state index >= 15 is 0 Å². The molecule has 2 N–H and O–H groups in total. The maximum atomic E-state index is 8.45. The van der Waals surface area contributed by atoms with Crippen LogP contribution in [0.4, 0.5) is 0 Å². The Morgan fingerprint density at radius 1 is 1.67 bits per heavy atom. The first-order valence-electron chi connectivity index (χ1n) is 3.72.